The molecule has 0 N–H and O–H groups in total. The van der Waals surface area contributed by atoms with Crippen LogP contribution in [0.3, 0.4) is 0 Å². The summed E-state index contributed by atoms with van der Waals surface area (Å²) in [6.45, 7) is 5.59. The smallest absolute Gasteiger partial charge is 0.338 e. The minimum Gasteiger partial charge on any atom is -0.462 e. The monoisotopic (exact) mass is 352 g/mol. The molecular formula is C20H29FO4. The highest BCUT2D eigenvalue weighted by Gasteiger charge is 2.26. The topological polar surface area (TPSA) is 44.8 Å². The molecule has 1 aliphatic rings. The van der Waals surface area contributed by atoms with Crippen LogP contribution in [-0.2, 0) is 14.2 Å². The quantitative estimate of drug-likeness (QED) is 0.462. The number of carbonyl (C=O) groups is 1. The van der Waals surface area contributed by atoms with Crippen LogP contribution in [0.15, 0.2) is 18.2 Å². The van der Waals surface area contributed by atoms with Crippen LogP contribution in [0.4, 0.5) is 4.39 Å². The Bertz CT molecular complexity index is 538. The van der Waals surface area contributed by atoms with E-state index >= 15 is 0 Å². The number of benzene rings is 1. The van der Waals surface area contributed by atoms with Gasteiger partial charge in [-0.15, -0.1) is 0 Å². The molecule has 25 heavy (non-hydrogen) atoms. The lowest BCUT2D eigenvalue weighted by Crippen LogP contribution is -2.27. The second kappa shape index (κ2) is 10.5. The first-order valence-corrected chi connectivity index (χ1v) is 9.35. The Morgan fingerprint density at radius 3 is 2.56 bits per heavy atom. The molecule has 1 aliphatic heterocycles. The average Bonchev–Trinajstić information content (AvgIpc) is 2.64. The molecule has 0 radical (unpaired) electrons. The van der Waals surface area contributed by atoms with Crippen molar-refractivity contribution in [3.63, 3.8) is 0 Å². The van der Waals surface area contributed by atoms with E-state index in [9.17, 15) is 9.18 Å². The van der Waals surface area contributed by atoms with Crippen molar-refractivity contribution in [1.29, 1.82) is 0 Å². The van der Waals surface area contributed by atoms with Crippen molar-refractivity contribution in [2.75, 3.05) is 19.8 Å². The first-order chi connectivity index (χ1) is 12.2. The van der Waals surface area contributed by atoms with E-state index in [1.54, 1.807) is 12.1 Å². The summed E-state index contributed by atoms with van der Waals surface area (Å²) in [7, 11) is 0. The molecule has 0 atom stereocenters. The molecule has 0 spiro atoms. The highest BCUT2D eigenvalue weighted by molar-refractivity contribution is 5.89. The molecule has 1 fully saturated rings. The minimum atomic E-state index is -0.701. The lowest BCUT2D eigenvalue weighted by Gasteiger charge is -2.30. The first kappa shape index (κ1) is 19.9. The largest absolute Gasteiger partial charge is 0.462 e. The summed E-state index contributed by atoms with van der Waals surface area (Å²) in [5.74, 6) is -0.637. The van der Waals surface area contributed by atoms with Crippen LogP contribution < -0.4 is 0 Å². The van der Waals surface area contributed by atoms with Gasteiger partial charge in [0.15, 0.2) is 6.29 Å². The van der Waals surface area contributed by atoms with Gasteiger partial charge in [0.05, 0.1) is 25.4 Å². The number of halogens is 1. The molecule has 2 rings (SSSR count). The Morgan fingerprint density at radius 1 is 1.16 bits per heavy atom. The molecule has 0 aliphatic carbocycles. The van der Waals surface area contributed by atoms with Crippen molar-refractivity contribution in [1.82, 2.24) is 0 Å². The summed E-state index contributed by atoms with van der Waals surface area (Å²) < 4.78 is 30.8. The number of esters is 1. The molecule has 0 unspecified atom stereocenters. The van der Waals surface area contributed by atoms with E-state index in [1.165, 1.54) is 31.7 Å². The summed E-state index contributed by atoms with van der Waals surface area (Å²) in [4.78, 5) is 11.8. The maximum atomic E-state index is 14.3. The maximum Gasteiger partial charge on any atom is 0.338 e. The second-order valence-corrected chi connectivity index (χ2v) is 6.59. The van der Waals surface area contributed by atoms with Gasteiger partial charge in [-0.3, -0.25) is 0 Å². The van der Waals surface area contributed by atoms with E-state index in [1.807, 2.05) is 6.92 Å². The van der Waals surface area contributed by atoms with E-state index in [4.69, 9.17) is 14.2 Å². The Kier molecular flexibility index (Phi) is 8.35. The Labute approximate surface area is 149 Å². The molecule has 1 heterocycles. The number of carbonyl (C=O) groups excluding carboxylic acids is 1. The fourth-order valence-electron chi connectivity index (χ4n) is 2.87. The van der Waals surface area contributed by atoms with Gasteiger partial charge in [0.1, 0.15) is 5.82 Å². The molecule has 0 amide bonds. The Balaban J connectivity index is 1.85. The molecular weight excluding hydrogens is 323 g/mol. The zero-order valence-corrected chi connectivity index (χ0v) is 15.3. The third-order valence-corrected chi connectivity index (χ3v) is 4.36. The molecule has 5 heteroatoms. The highest BCUT2D eigenvalue weighted by atomic mass is 19.1. The van der Waals surface area contributed by atoms with Gasteiger partial charge in [0.2, 0.25) is 0 Å². The molecule has 0 aromatic heterocycles. The van der Waals surface area contributed by atoms with Crippen LogP contribution in [0.25, 0.3) is 0 Å². The molecule has 140 valence electrons. The van der Waals surface area contributed by atoms with Crippen molar-refractivity contribution in [3.8, 4) is 0 Å². The normalized spacial score (nSPS) is 20.4. The van der Waals surface area contributed by atoms with Crippen LogP contribution in [0.1, 0.15) is 74.6 Å². The van der Waals surface area contributed by atoms with E-state index < -0.39 is 18.1 Å². The molecule has 0 saturated carbocycles. The van der Waals surface area contributed by atoms with Crippen molar-refractivity contribution in [2.24, 2.45) is 5.92 Å². The summed E-state index contributed by atoms with van der Waals surface area (Å²) in [5.41, 5.74) is 0.538. The van der Waals surface area contributed by atoms with Gasteiger partial charge >= 0.3 is 5.97 Å². The maximum absolute atomic E-state index is 14.3. The number of ether oxygens (including phenoxy) is 3. The van der Waals surface area contributed by atoms with E-state index in [2.05, 4.69) is 6.92 Å². The summed E-state index contributed by atoms with van der Waals surface area (Å²) in [5, 5.41) is 0. The Morgan fingerprint density at radius 2 is 1.92 bits per heavy atom. The van der Waals surface area contributed by atoms with Gasteiger partial charge in [0.25, 0.3) is 0 Å². The van der Waals surface area contributed by atoms with Gasteiger partial charge in [-0.05, 0) is 25.0 Å². The van der Waals surface area contributed by atoms with Crippen LogP contribution in [0.2, 0.25) is 0 Å². The third kappa shape index (κ3) is 6.08. The summed E-state index contributed by atoms with van der Waals surface area (Å²) >= 11 is 0. The number of rotatable bonds is 9. The van der Waals surface area contributed by atoms with Gasteiger partial charge in [-0.25, -0.2) is 9.18 Å². The van der Waals surface area contributed by atoms with E-state index in [0.717, 1.165) is 12.8 Å². The van der Waals surface area contributed by atoms with Crippen LogP contribution >= 0.6 is 0 Å². The molecule has 1 aromatic rings. The number of hydrogen-bond acceptors (Lipinski definition) is 4. The van der Waals surface area contributed by atoms with Crippen molar-refractivity contribution < 1.29 is 23.4 Å². The second-order valence-electron chi connectivity index (χ2n) is 6.59. The van der Waals surface area contributed by atoms with E-state index in [0.29, 0.717) is 31.3 Å². The molecule has 1 aromatic carbocycles. The average molecular weight is 352 g/mol. The van der Waals surface area contributed by atoms with Gasteiger partial charge in [-0.2, -0.15) is 0 Å². The van der Waals surface area contributed by atoms with Crippen molar-refractivity contribution in [2.45, 2.75) is 58.7 Å². The number of unbranched alkanes of at least 4 members (excludes halogenated alkanes) is 3. The highest BCUT2D eigenvalue weighted by Crippen LogP contribution is 2.29. The number of hydrogen-bond donors (Lipinski definition) is 0. The fourth-order valence-corrected chi connectivity index (χ4v) is 2.87. The lowest BCUT2D eigenvalue weighted by molar-refractivity contribution is -0.207. The lowest BCUT2D eigenvalue weighted by atomic mass is 10.0. The van der Waals surface area contributed by atoms with Gasteiger partial charge in [0, 0.05) is 11.5 Å². The summed E-state index contributed by atoms with van der Waals surface area (Å²) in [6, 6.07) is 4.29. The minimum absolute atomic E-state index is 0.208. The van der Waals surface area contributed by atoms with Gasteiger partial charge in [-0.1, -0.05) is 45.6 Å². The SMILES string of the molecule is CCCCCCC1COC(c2ccc(C(=O)OCCC)cc2F)OC1. The zero-order valence-electron chi connectivity index (χ0n) is 15.3. The predicted octanol–water partition coefficient (Wildman–Crippen LogP) is 5.02. The molecule has 4 nitrogen and oxygen atoms in total. The molecule has 0 bridgehead atoms. The van der Waals surface area contributed by atoms with Crippen molar-refractivity contribution in [3.05, 3.63) is 35.1 Å². The van der Waals surface area contributed by atoms with Crippen LogP contribution in [0.5, 0.6) is 0 Å². The van der Waals surface area contributed by atoms with Gasteiger partial charge < -0.3 is 14.2 Å². The zero-order chi connectivity index (χ0) is 18.1. The standard InChI is InChI=1S/C20H29FO4/c1-3-5-6-7-8-15-13-24-20(25-14-15)17-10-9-16(12-18(17)21)19(22)23-11-4-2/h9-10,12,15,20H,3-8,11,13-14H2,1-2H3. The summed E-state index contributed by atoms with van der Waals surface area (Å²) in [6.07, 6.45) is 6.01. The Hall–Kier alpha value is -1.46. The van der Waals surface area contributed by atoms with Crippen LogP contribution in [-0.4, -0.2) is 25.8 Å². The first-order valence-electron chi connectivity index (χ1n) is 9.35. The van der Waals surface area contributed by atoms with Crippen molar-refractivity contribution >= 4 is 5.97 Å². The predicted molar refractivity (Wildman–Crippen MR) is 93.9 cm³/mol. The van der Waals surface area contributed by atoms with Crippen LogP contribution in [0, 0.1) is 11.7 Å². The molecule has 1 saturated heterocycles. The third-order valence-electron chi connectivity index (χ3n) is 4.36. The van der Waals surface area contributed by atoms with E-state index in [-0.39, 0.29) is 5.56 Å². The fraction of sp³-hybridized carbons (Fsp3) is 0.650.